The number of benzene rings is 1. The molecule has 1 aliphatic carbocycles. The van der Waals surface area contributed by atoms with Crippen molar-refractivity contribution in [2.75, 3.05) is 7.05 Å². The normalized spacial score (nSPS) is 27.6. The van der Waals surface area contributed by atoms with Gasteiger partial charge < -0.3 is 5.32 Å². The summed E-state index contributed by atoms with van der Waals surface area (Å²) in [5.74, 6) is 1.23. The van der Waals surface area contributed by atoms with E-state index in [-0.39, 0.29) is 11.2 Å². The summed E-state index contributed by atoms with van der Waals surface area (Å²) in [7, 11) is 2.06. The van der Waals surface area contributed by atoms with E-state index in [1.807, 2.05) is 6.92 Å². The lowest BCUT2D eigenvalue weighted by Gasteiger charge is -2.44. The molecule has 0 aliphatic heterocycles. The molecule has 112 valence electrons. The van der Waals surface area contributed by atoms with Gasteiger partial charge >= 0.3 is 0 Å². The highest BCUT2D eigenvalue weighted by Gasteiger charge is 2.39. The van der Waals surface area contributed by atoms with Gasteiger partial charge in [-0.2, -0.15) is 0 Å². The second kappa shape index (κ2) is 5.85. The van der Waals surface area contributed by atoms with Crippen LogP contribution in [-0.2, 0) is 5.41 Å². The Bertz CT molecular complexity index is 446. The maximum atomic E-state index is 13.8. The van der Waals surface area contributed by atoms with Crippen LogP contribution in [0.3, 0.4) is 0 Å². The van der Waals surface area contributed by atoms with Crippen molar-refractivity contribution < 1.29 is 4.39 Å². The van der Waals surface area contributed by atoms with Crippen LogP contribution in [0.1, 0.15) is 51.2 Å². The van der Waals surface area contributed by atoms with E-state index in [1.54, 1.807) is 12.1 Å². The fourth-order valence-electron chi connectivity index (χ4n) is 3.89. The van der Waals surface area contributed by atoms with Crippen LogP contribution in [0.25, 0.3) is 0 Å². The lowest BCUT2D eigenvalue weighted by Crippen LogP contribution is -2.47. The van der Waals surface area contributed by atoms with Crippen LogP contribution in [0.5, 0.6) is 0 Å². The summed E-state index contributed by atoms with van der Waals surface area (Å²) in [6.07, 6.45) is 3.72. The van der Waals surface area contributed by atoms with Crippen molar-refractivity contribution in [2.45, 2.75) is 58.4 Å². The lowest BCUT2D eigenvalue weighted by molar-refractivity contribution is 0.151. The van der Waals surface area contributed by atoms with Gasteiger partial charge in [-0.1, -0.05) is 33.3 Å². The SMILES string of the molecule is CNC1CC(C)CCC1C(C)(C)c1cc(C)cc(F)c1. The molecule has 1 aliphatic rings. The Balaban J connectivity index is 2.32. The molecule has 0 aromatic heterocycles. The van der Waals surface area contributed by atoms with Crippen LogP contribution in [-0.4, -0.2) is 13.1 Å². The van der Waals surface area contributed by atoms with Gasteiger partial charge in [0, 0.05) is 6.04 Å². The molecule has 0 radical (unpaired) electrons. The molecule has 1 nitrogen and oxygen atoms in total. The molecule has 2 rings (SSSR count). The monoisotopic (exact) mass is 277 g/mol. The van der Waals surface area contributed by atoms with Crippen LogP contribution in [0.4, 0.5) is 4.39 Å². The summed E-state index contributed by atoms with van der Waals surface area (Å²) in [5, 5.41) is 3.50. The molecule has 2 heteroatoms. The van der Waals surface area contributed by atoms with Gasteiger partial charge in [0.1, 0.15) is 5.82 Å². The molecule has 0 saturated heterocycles. The summed E-state index contributed by atoms with van der Waals surface area (Å²) in [5.41, 5.74) is 2.15. The highest BCUT2D eigenvalue weighted by molar-refractivity contribution is 5.30. The van der Waals surface area contributed by atoms with E-state index in [4.69, 9.17) is 0 Å². The Morgan fingerprint density at radius 1 is 1.20 bits per heavy atom. The van der Waals surface area contributed by atoms with Gasteiger partial charge in [-0.25, -0.2) is 4.39 Å². The predicted molar refractivity (Wildman–Crippen MR) is 83.5 cm³/mol. The summed E-state index contributed by atoms with van der Waals surface area (Å²) >= 11 is 0. The highest BCUT2D eigenvalue weighted by Crippen LogP contribution is 2.42. The molecule has 20 heavy (non-hydrogen) atoms. The van der Waals surface area contributed by atoms with Crippen molar-refractivity contribution in [3.05, 3.63) is 35.1 Å². The molecule has 1 aromatic carbocycles. The van der Waals surface area contributed by atoms with Crippen LogP contribution in [0.2, 0.25) is 0 Å². The number of rotatable bonds is 3. The van der Waals surface area contributed by atoms with Crippen molar-refractivity contribution in [3.63, 3.8) is 0 Å². The topological polar surface area (TPSA) is 12.0 Å². The van der Waals surface area contributed by atoms with E-state index >= 15 is 0 Å². The number of nitrogens with one attached hydrogen (secondary N) is 1. The Morgan fingerprint density at radius 2 is 1.90 bits per heavy atom. The van der Waals surface area contributed by atoms with Crippen molar-refractivity contribution in [2.24, 2.45) is 11.8 Å². The first kappa shape index (κ1) is 15.5. The second-order valence-electron chi connectivity index (χ2n) is 7.16. The molecule has 3 unspecified atom stereocenters. The number of halogens is 1. The third kappa shape index (κ3) is 3.06. The first-order chi connectivity index (χ1) is 9.34. The first-order valence-corrected chi connectivity index (χ1v) is 7.79. The third-order valence-corrected chi connectivity index (χ3v) is 5.20. The van der Waals surface area contributed by atoms with Crippen molar-refractivity contribution in [1.82, 2.24) is 5.32 Å². The number of hydrogen-bond donors (Lipinski definition) is 1. The summed E-state index contributed by atoms with van der Waals surface area (Å²) in [6, 6.07) is 6.00. The van der Waals surface area contributed by atoms with Crippen molar-refractivity contribution in [1.29, 1.82) is 0 Å². The Morgan fingerprint density at radius 3 is 2.50 bits per heavy atom. The average molecular weight is 277 g/mol. The Labute approximate surface area is 123 Å². The van der Waals surface area contributed by atoms with Gasteiger partial charge in [-0.05, 0) is 67.3 Å². The lowest BCUT2D eigenvalue weighted by atomic mass is 9.63. The fourth-order valence-corrected chi connectivity index (χ4v) is 3.89. The van der Waals surface area contributed by atoms with Gasteiger partial charge in [-0.3, -0.25) is 0 Å². The van der Waals surface area contributed by atoms with Gasteiger partial charge in [0.15, 0.2) is 0 Å². The molecule has 0 spiro atoms. The number of aryl methyl sites for hydroxylation is 1. The minimum Gasteiger partial charge on any atom is -0.317 e. The van der Waals surface area contributed by atoms with Gasteiger partial charge in [-0.15, -0.1) is 0 Å². The zero-order valence-electron chi connectivity index (χ0n) is 13.5. The molecular formula is C18H28FN. The van der Waals surface area contributed by atoms with Crippen LogP contribution < -0.4 is 5.32 Å². The fraction of sp³-hybridized carbons (Fsp3) is 0.667. The zero-order valence-corrected chi connectivity index (χ0v) is 13.5. The summed E-state index contributed by atoms with van der Waals surface area (Å²) in [4.78, 5) is 0. The molecule has 1 aromatic rings. The molecule has 1 saturated carbocycles. The van der Waals surface area contributed by atoms with Crippen molar-refractivity contribution >= 4 is 0 Å². The second-order valence-corrected chi connectivity index (χ2v) is 7.16. The van der Waals surface area contributed by atoms with E-state index < -0.39 is 0 Å². The highest BCUT2D eigenvalue weighted by atomic mass is 19.1. The van der Waals surface area contributed by atoms with E-state index in [9.17, 15) is 4.39 Å². The Kier molecular flexibility index (Phi) is 4.53. The van der Waals surface area contributed by atoms with Crippen molar-refractivity contribution in [3.8, 4) is 0 Å². The largest absolute Gasteiger partial charge is 0.317 e. The first-order valence-electron chi connectivity index (χ1n) is 7.79. The molecule has 3 atom stereocenters. The average Bonchev–Trinajstić information content (AvgIpc) is 2.37. The Hall–Kier alpha value is -0.890. The zero-order chi connectivity index (χ0) is 14.9. The third-order valence-electron chi connectivity index (χ3n) is 5.20. The number of hydrogen-bond acceptors (Lipinski definition) is 1. The van der Waals surface area contributed by atoms with Crippen LogP contribution in [0.15, 0.2) is 18.2 Å². The standard InChI is InChI=1S/C18H28FN/c1-12-6-7-16(17(10-12)20-5)18(3,4)14-8-13(2)9-15(19)11-14/h8-9,11-12,16-17,20H,6-7,10H2,1-5H3. The summed E-state index contributed by atoms with van der Waals surface area (Å²) in [6.45, 7) is 8.85. The van der Waals surface area contributed by atoms with E-state index in [2.05, 4.69) is 39.2 Å². The minimum absolute atomic E-state index is 0.000671. The van der Waals surface area contributed by atoms with E-state index in [1.165, 1.54) is 19.3 Å². The van der Waals surface area contributed by atoms with Gasteiger partial charge in [0.05, 0.1) is 0 Å². The van der Waals surface area contributed by atoms with Gasteiger partial charge in [0.25, 0.3) is 0 Å². The maximum Gasteiger partial charge on any atom is 0.123 e. The van der Waals surface area contributed by atoms with Crippen LogP contribution in [0, 0.1) is 24.6 Å². The minimum atomic E-state index is -0.113. The molecule has 0 heterocycles. The molecule has 0 amide bonds. The van der Waals surface area contributed by atoms with E-state index in [0.29, 0.717) is 12.0 Å². The van der Waals surface area contributed by atoms with Gasteiger partial charge in [0.2, 0.25) is 0 Å². The molecule has 0 bridgehead atoms. The van der Waals surface area contributed by atoms with Crippen LogP contribution >= 0.6 is 0 Å². The molecule has 1 fully saturated rings. The van der Waals surface area contributed by atoms with E-state index in [0.717, 1.165) is 17.0 Å². The predicted octanol–water partition coefficient (Wildman–Crippen LogP) is 4.44. The maximum absolute atomic E-state index is 13.8. The smallest absolute Gasteiger partial charge is 0.123 e. The summed E-state index contributed by atoms with van der Waals surface area (Å²) < 4.78 is 13.8. The molecular weight excluding hydrogens is 249 g/mol. The molecule has 1 N–H and O–H groups in total. The quantitative estimate of drug-likeness (QED) is 0.861.